The Bertz CT molecular complexity index is 928. The lowest BCUT2D eigenvalue weighted by Gasteiger charge is -2.58. The summed E-state index contributed by atoms with van der Waals surface area (Å²) < 4.78 is 17.1. The summed E-state index contributed by atoms with van der Waals surface area (Å²) >= 11 is 0. The Kier molecular flexibility index (Phi) is 7.65. The van der Waals surface area contributed by atoms with Gasteiger partial charge in [0.25, 0.3) is 0 Å². The van der Waals surface area contributed by atoms with Crippen LogP contribution in [0, 0.1) is 22.7 Å². The van der Waals surface area contributed by atoms with Crippen LogP contribution in [0.4, 0.5) is 0 Å². The molecule has 1 heterocycles. The van der Waals surface area contributed by atoms with Crippen molar-refractivity contribution in [3.8, 4) is 0 Å². The van der Waals surface area contributed by atoms with E-state index in [0.717, 1.165) is 24.8 Å². The SMILES string of the molecule is C=C1CC[C@H]2[C@@](C)(CCC(=O)[C@@]2(C)CO[Si](C)(C)C(C)(C)C)[C@@H]1C/C=C1/C(=O)OC[C@@H]1OC(C)=O. The number of fused-ring (bicyclic) bond motifs is 1. The van der Waals surface area contributed by atoms with Gasteiger partial charge in [-0.3, -0.25) is 9.59 Å². The second-order valence-corrected chi connectivity index (χ2v) is 17.6. The van der Waals surface area contributed by atoms with Crippen molar-refractivity contribution in [1.29, 1.82) is 0 Å². The molecule has 6 nitrogen and oxygen atoms in total. The lowest BCUT2D eigenvalue weighted by Crippen LogP contribution is -2.57. The largest absolute Gasteiger partial charge is 0.458 e. The van der Waals surface area contributed by atoms with E-state index in [0.29, 0.717) is 30.8 Å². The molecular formula is C28H44O6Si. The highest BCUT2D eigenvalue weighted by atomic mass is 28.4. The molecule has 0 aromatic heterocycles. The Labute approximate surface area is 212 Å². The van der Waals surface area contributed by atoms with Crippen molar-refractivity contribution in [3.63, 3.8) is 0 Å². The van der Waals surface area contributed by atoms with E-state index in [1.54, 1.807) is 0 Å². The molecule has 2 aliphatic carbocycles. The summed E-state index contributed by atoms with van der Waals surface area (Å²) in [6.45, 7) is 21.8. The number of carbonyl (C=O) groups is 3. The van der Waals surface area contributed by atoms with Crippen LogP contribution in [0.3, 0.4) is 0 Å². The van der Waals surface area contributed by atoms with Crippen molar-refractivity contribution in [2.75, 3.05) is 13.2 Å². The molecule has 0 amide bonds. The van der Waals surface area contributed by atoms with Crippen molar-refractivity contribution >= 4 is 26.0 Å². The maximum atomic E-state index is 13.4. The van der Waals surface area contributed by atoms with E-state index in [1.165, 1.54) is 6.92 Å². The summed E-state index contributed by atoms with van der Waals surface area (Å²) in [5.74, 6) is -0.255. The number of hydrogen-bond acceptors (Lipinski definition) is 6. The molecule has 0 spiro atoms. The van der Waals surface area contributed by atoms with Crippen molar-refractivity contribution in [1.82, 2.24) is 0 Å². The molecule has 0 radical (unpaired) electrons. The van der Waals surface area contributed by atoms with Gasteiger partial charge in [0.15, 0.2) is 14.4 Å². The Morgan fingerprint density at radius 3 is 2.49 bits per heavy atom. The molecule has 2 saturated carbocycles. The van der Waals surface area contributed by atoms with Crippen LogP contribution in [0.15, 0.2) is 23.8 Å². The number of ether oxygens (including phenoxy) is 2. The number of cyclic esters (lactones) is 1. The monoisotopic (exact) mass is 504 g/mol. The van der Waals surface area contributed by atoms with Crippen LogP contribution in [0.25, 0.3) is 0 Å². The molecule has 196 valence electrons. The fourth-order valence-corrected chi connectivity index (χ4v) is 7.27. The summed E-state index contributed by atoms with van der Waals surface area (Å²) in [5, 5.41) is 0.0777. The predicted molar refractivity (Wildman–Crippen MR) is 138 cm³/mol. The molecule has 0 unspecified atom stereocenters. The van der Waals surface area contributed by atoms with E-state index >= 15 is 0 Å². The van der Waals surface area contributed by atoms with Gasteiger partial charge in [-0.15, -0.1) is 0 Å². The van der Waals surface area contributed by atoms with E-state index in [4.69, 9.17) is 13.9 Å². The number of carbonyl (C=O) groups excluding carboxylic acids is 3. The second-order valence-electron chi connectivity index (χ2n) is 12.8. The summed E-state index contributed by atoms with van der Waals surface area (Å²) in [7, 11) is -2.01. The molecule has 7 heteroatoms. The van der Waals surface area contributed by atoms with Crippen LogP contribution in [-0.2, 0) is 28.3 Å². The first-order valence-electron chi connectivity index (χ1n) is 12.9. The fourth-order valence-electron chi connectivity index (χ4n) is 6.18. The van der Waals surface area contributed by atoms with Gasteiger partial charge in [-0.1, -0.05) is 52.8 Å². The Hall–Kier alpha value is -1.73. The minimum atomic E-state index is -2.01. The predicted octanol–water partition coefficient (Wildman–Crippen LogP) is 5.77. The summed E-state index contributed by atoms with van der Waals surface area (Å²) in [4.78, 5) is 37.2. The minimum absolute atomic E-state index is 0.0626. The molecule has 3 rings (SSSR count). The molecule has 3 aliphatic rings. The quantitative estimate of drug-likeness (QED) is 0.198. The van der Waals surface area contributed by atoms with Crippen LogP contribution < -0.4 is 0 Å². The average molecular weight is 505 g/mol. The first-order valence-corrected chi connectivity index (χ1v) is 15.8. The zero-order valence-corrected chi connectivity index (χ0v) is 23.9. The van der Waals surface area contributed by atoms with E-state index in [1.807, 2.05) is 6.08 Å². The number of allylic oxidation sites excluding steroid dienone is 2. The molecule has 0 aromatic rings. The topological polar surface area (TPSA) is 78.9 Å². The van der Waals surface area contributed by atoms with Crippen LogP contribution in [0.5, 0.6) is 0 Å². The third-order valence-electron chi connectivity index (χ3n) is 9.50. The number of ketones is 1. The number of Topliss-reactive ketones (excluding diaryl/α,β-unsaturated/α-hetero) is 1. The Balaban J connectivity index is 1.88. The van der Waals surface area contributed by atoms with E-state index in [2.05, 4.69) is 54.3 Å². The third kappa shape index (κ3) is 5.22. The summed E-state index contributed by atoms with van der Waals surface area (Å²) in [6.07, 6.45) is 4.95. The molecule has 35 heavy (non-hydrogen) atoms. The van der Waals surface area contributed by atoms with Crippen molar-refractivity contribution in [3.05, 3.63) is 23.8 Å². The van der Waals surface area contributed by atoms with Crippen LogP contribution in [-0.4, -0.2) is 45.4 Å². The third-order valence-corrected chi connectivity index (χ3v) is 14.0. The first-order chi connectivity index (χ1) is 16.0. The highest BCUT2D eigenvalue weighted by Crippen LogP contribution is 2.61. The van der Waals surface area contributed by atoms with Crippen LogP contribution in [0.2, 0.25) is 18.1 Å². The van der Waals surface area contributed by atoms with Crippen molar-refractivity contribution in [2.24, 2.45) is 22.7 Å². The summed E-state index contributed by atoms with van der Waals surface area (Å²) in [6, 6.07) is 0. The van der Waals surface area contributed by atoms with Gasteiger partial charge in [0.05, 0.1) is 11.0 Å². The first kappa shape index (κ1) is 27.8. The van der Waals surface area contributed by atoms with Gasteiger partial charge in [-0.05, 0) is 61.1 Å². The second kappa shape index (κ2) is 9.62. The van der Waals surface area contributed by atoms with Gasteiger partial charge >= 0.3 is 11.9 Å². The minimum Gasteiger partial charge on any atom is -0.458 e. The van der Waals surface area contributed by atoms with Gasteiger partial charge in [0, 0.05) is 20.0 Å². The standard InChI is InChI=1S/C28H44O6Si/c1-18-10-13-23-27(6,21(18)12-11-20-22(34-19(2)29)16-32-25(20)31)15-14-24(30)28(23,7)17-33-35(8,9)26(3,4)5/h11,21-23H,1,10,12-17H2,2-9H3/b20-11+/t21-,22+,23+,27+,28+/m1/s1. The molecular weight excluding hydrogens is 460 g/mol. The number of rotatable bonds is 6. The van der Waals surface area contributed by atoms with Gasteiger partial charge in [0.2, 0.25) is 0 Å². The normalized spacial score (nSPS) is 35.1. The highest BCUT2D eigenvalue weighted by Gasteiger charge is 2.58. The zero-order chi connectivity index (χ0) is 26.4. The highest BCUT2D eigenvalue weighted by molar-refractivity contribution is 6.74. The molecule has 3 fully saturated rings. The smallest absolute Gasteiger partial charge is 0.337 e. The number of esters is 2. The maximum Gasteiger partial charge on any atom is 0.337 e. The Morgan fingerprint density at radius 1 is 1.23 bits per heavy atom. The molecule has 0 bridgehead atoms. The van der Waals surface area contributed by atoms with E-state index < -0.39 is 31.8 Å². The van der Waals surface area contributed by atoms with Crippen LogP contribution in [0.1, 0.15) is 73.6 Å². The fraction of sp³-hybridized carbons (Fsp3) is 0.750. The van der Waals surface area contributed by atoms with Gasteiger partial charge in [-0.25, -0.2) is 4.79 Å². The van der Waals surface area contributed by atoms with E-state index in [-0.39, 0.29) is 28.9 Å². The van der Waals surface area contributed by atoms with Crippen molar-refractivity contribution < 1.29 is 28.3 Å². The average Bonchev–Trinajstić information content (AvgIpc) is 3.07. The molecule has 1 saturated heterocycles. The van der Waals surface area contributed by atoms with Gasteiger partial charge in [0.1, 0.15) is 12.4 Å². The molecule has 0 N–H and O–H groups in total. The van der Waals surface area contributed by atoms with Gasteiger partial charge in [-0.2, -0.15) is 0 Å². The lowest BCUT2D eigenvalue weighted by molar-refractivity contribution is -0.151. The van der Waals surface area contributed by atoms with Gasteiger partial charge < -0.3 is 13.9 Å². The zero-order valence-electron chi connectivity index (χ0n) is 22.9. The molecule has 5 atom stereocenters. The Morgan fingerprint density at radius 2 is 1.89 bits per heavy atom. The van der Waals surface area contributed by atoms with E-state index in [9.17, 15) is 14.4 Å². The summed E-state index contributed by atoms with van der Waals surface area (Å²) in [5.41, 5.74) is 0.902. The number of hydrogen-bond donors (Lipinski definition) is 0. The molecule has 1 aliphatic heterocycles. The van der Waals surface area contributed by atoms with Crippen molar-refractivity contribution in [2.45, 2.75) is 97.9 Å². The maximum absolute atomic E-state index is 13.4. The van der Waals surface area contributed by atoms with Crippen LogP contribution >= 0.6 is 0 Å². The lowest BCUT2D eigenvalue weighted by atomic mass is 9.46. The molecule has 0 aromatic carbocycles.